The fourth-order valence-electron chi connectivity index (χ4n) is 2.42. The average molecular weight is 400 g/mol. The number of nitrogens with one attached hydrogen (secondary N) is 1. The van der Waals surface area contributed by atoms with Crippen molar-refractivity contribution in [2.45, 2.75) is 4.90 Å². The van der Waals surface area contributed by atoms with Crippen molar-refractivity contribution in [3.8, 4) is 11.4 Å². The van der Waals surface area contributed by atoms with Crippen LogP contribution in [0, 0.1) is 0 Å². The van der Waals surface area contributed by atoms with Crippen molar-refractivity contribution in [1.29, 1.82) is 0 Å². The van der Waals surface area contributed by atoms with Crippen LogP contribution >= 0.6 is 0 Å². The van der Waals surface area contributed by atoms with Crippen LogP contribution in [0.1, 0.15) is 0 Å². The molecule has 0 aliphatic rings. The zero-order chi connectivity index (χ0) is 20.1. The van der Waals surface area contributed by atoms with Gasteiger partial charge in [0, 0.05) is 37.9 Å². The molecule has 28 heavy (non-hydrogen) atoms. The molecule has 9 heteroatoms. The van der Waals surface area contributed by atoms with E-state index in [1.54, 1.807) is 36.8 Å². The van der Waals surface area contributed by atoms with Gasteiger partial charge in [-0.25, -0.2) is 17.7 Å². The Kier molecular flexibility index (Phi) is 5.76. The predicted octanol–water partition coefficient (Wildman–Crippen LogP) is 2.14. The first-order valence-electron chi connectivity index (χ1n) is 8.40. The maximum atomic E-state index is 12.2. The van der Waals surface area contributed by atoms with E-state index in [1.807, 2.05) is 22.9 Å². The smallest absolute Gasteiger partial charge is 0.262 e. The standard InChI is InChI=1S/C19H20N4O4S/c1-22(2)28(25,26)18-5-3-4-15(12-18)21-19(24)13-27-17-8-6-16(7-9-17)23-11-10-20-14-23/h3-12,14H,13H2,1-2H3,(H,21,24). The minimum absolute atomic E-state index is 0.103. The molecule has 0 bridgehead atoms. The first kappa shape index (κ1) is 19.6. The molecule has 0 radical (unpaired) electrons. The Balaban J connectivity index is 1.59. The molecule has 1 amide bonds. The lowest BCUT2D eigenvalue weighted by Gasteiger charge is -2.13. The zero-order valence-corrected chi connectivity index (χ0v) is 16.3. The number of carbonyl (C=O) groups excluding carboxylic acids is 1. The number of hydrogen-bond acceptors (Lipinski definition) is 5. The number of sulfonamides is 1. The van der Waals surface area contributed by atoms with Crippen molar-refractivity contribution in [2.24, 2.45) is 0 Å². The van der Waals surface area contributed by atoms with Gasteiger partial charge in [-0.15, -0.1) is 0 Å². The molecule has 0 saturated heterocycles. The zero-order valence-electron chi connectivity index (χ0n) is 15.4. The van der Waals surface area contributed by atoms with Crippen molar-refractivity contribution >= 4 is 21.6 Å². The van der Waals surface area contributed by atoms with Crippen molar-refractivity contribution < 1.29 is 17.9 Å². The first-order valence-corrected chi connectivity index (χ1v) is 9.84. The second-order valence-corrected chi connectivity index (χ2v) is 8.27. The van der Waals surface area contributed by atoms with Crippen LogP contribution in [-0.2, 0) is 14.8 Å². The summed E-state index contributed by atoms with van der Waals surface area (Å²) in [6, 6.07) is 13.3. The van der Waals surface area contributed by atoms with Gasteiger partial charge in [-0.1, -0.05) is 6.07 Å². The van der Waals surface area contributed by atoms with Crippen LogP contribution in [-0.4, -0.2) is 48.9 Å². The van der Waals surface area contributed by atoms with Gasteiger partial charge >= 0.3 is 0 Å². The third kappa shape index (κ3) is 4.56. The third-order valence-electron chi connectivity index (χ3n) is 3.91. The molecule has 0 unspecified atom stereocenters. The molecule has 0 fully saturated rings. The first-order chi connectivity index (χ1) is 13.4. The second-order valence-electron chi connectivity index (χ2n) is 6.12. The van der Waals surface area contributed by atoms with Crippen LogP contribution in [0.25, 0.3) is 5.69 Å². The largest absolute Gasteiger partial charge is 0.484 e. The number of hydrogen-bond donors (Lipinski definition) is 1. The van der Waals surface area contributed by atoms with E-state index in [2.05, 4.69) is 10.3 Å². The SMILES string of the molecule is CN(C)S(=O)(=O)c1cccc(NC(=O)COc2ccc(-n3ccnc3)cc2)c1. The summed E-state index contributed by atoms with van der Waals surface area (Å²) in [5, 5.41) is 2.64. The fourth-order valence-corrected chi connectivity index (χ4v) is 3.37. The van der Waals surface area contributed by atoms with Crippen molar-refractivity contribution in [3.05, 3.63) is 67.3 Å². The van der Waals surface area contributed by atoms with E-state index in [0.29, 0.717) is 11.4 Å². The summed E-state index contributed by atoms with van der Waals surface area (Å²) in [6.07, 6.45) is 5.20. The van der Waals surface area contributed by atoms with Gasteiger partial charge in [0.2, 0.25) is 10.0 Å². The molecule has 1 aromatic heterocycles. The van der Waals surface area contributed by atoms with Crippen LogP contribution in [0.4, 0.5) is 5.69 Å². The summed E-state index contributed by atoms with van der Waals surface area (Å²) < 4.78 is 32.8. The number of ether oxygens (including phenoxy) is 1. The molecule has 2 aromatic carbocycles. The van der Waals surface area contributed by atoms with Gasteiger partial charge in [0.25, 0.3) is 5.91 Å². The van der Waals surface area contributed by atoms with Crippen LogP contribution in [0.15, 0.2) is 72.1 Å². The van der Waals surface area contributed by atoms with Crippen LogP contribution in [0.2, 0.25) is 0 Å². The second kappa shape index (κ2) is 8.24. The summed E-state index contributed by atoms with van der Waals surface area (Å²) in [4.78, 5) is 16.2. The molecule has 0 atom stereocenters. The van der Waals surface area contributed by atoms with Gasteiger partial charge in [-0.05, 0) is 42.5 Å². The van der Waals surface area contributed by atoms with Crippen LogP contribution < -0.4 is 10.1 Å². The van der Waals surface area contributed by atoms with Crippen molar-refractivity contribution in [1.82, 2.24) is 13.9 Å². The highest BCUT2D eigenvalue weighted by Crippen LogP contribution is 2.18. The Labute approximate surface area is 163 Å². The lowest BCUT2D eigenvalue weighted by molar-refractivity contribution is -0.118. The Morgan fingerprint density at radius 1 is 1.18 bits per heavy atom. The topological polar surface area (TPSA) is 93.5 Å². The third-order valence-corrected chi connectivity index (χ3v) is 5.72. The Hall–Kier alpha value is -3.17. The van der Waals surface area contributed by atoms with Gasteiger partial charge in [0.15, 0.2) is 6.61 Å². The van der Waals surface area contributed by atoms with Crippen molar-refractivity contribution in [3.63, 3.8) is 0 Å². The van der Waals surface area contributed by atoms with Gasteiger partial charge in [0.1, 0.15) is 5.75 Å². The number of aromatic nitrogens is 2. The molecule has 0 aliphatic carbocycles. The van der Waals surface area contributed by atoms with E-state index < -0.39 is 15.9 Å². The Bertz CT molecular complexity index is 1050. The van der Waals surface area contributed by atoms with Crippen molar-refractivity contribution in [2.75, 3.05) is 26.0 Å². The molecule has 1 heterocycles. The summed E-state index contributed by atoms with van der Waals surface area (Å²) >= 11 is 0. The molecule has 3 aromatic rings. The van der Waals surface area contributed by atoms with Gasteiger partial charge in [-0.3, -0.25) is 4.79 Å². The normalized spacial score (nSPS) is 11.4. The van der Waals surface area contributed by atoms with Crippen LogP contribution in [0.5, 0.6) is 5.75 Å². The molecular formula is C19H20N4O4S. The van der Waals surface area contributed by atoms with Crippen LogP contribution in [0.3, 0.4) is 0 Å². The molecule has 146 valence electrons. The van der Waals surface area contributed by atoms with Gasteiger partial charge in [-0.2, -0.15) is 0 Å². The maximum absolute atomic E-state index is 12.2. The minimum Gasteiger partial charge on any atom is -0.484 e. The summed E-state index contributed by atoms with van der Waals surface area (Å²) in [7, 11) is -0.667. The lowest BCUT2D eigenvalue weighted by atomic mass is 10.3. The summed E-state index contributed by atoms with van der Waals surface area (Å²) in [5.74, 6) is 0.154. The van der Waals surface area contributed by atoms with E-state index in [4.69, 9.17) is 4.74 Å². The molecule has 1 N–H and O–H groups in total. The Morgan fingerprint density at radius 2 is 1.93 bits per heavy atom. The number of nitrogens with zero attached hydrogens (tertiary/aromatic N) is 3. The number of imidazole rings is 1. The summed E-state index contributed by atoms with van der Waals surface area (Å²) in [6.45, 7) is -0.199. The molecule has 0 aliphatic heterocycles. The molecule has 0 spiro atoms. The van der Waals surface area contributed by atoms with E-state index in [0.717, 1.165) is 9.99 Å². The monoisotopic (exact) mass is 400 g/mol. The highest BCUT2D eigenvalue weighted by molar-refractivity contribution is 7.89. The highest BCUT2D eigenvalue weighted by Gasteiger charge is 2.17. The van der Waals surface area contributed by atoms with E-state index >= 15 is 0 Å². The number of rotatable bonds is 7. The fraction of sp³-hybridized carbons (Fsp3) is 0.158. The van der Waals surface area contributed by atoms with E-state index in [1.165, 1.54) is 26.2 Å². The molecule has 3 rings (SSSR count). The highest BCUT2D eigenvalue weighted by atomic mass is 32.2. The predicted molar refractivity (Wildman–Crippen MR) is 105 cm³/mol. The van der Waals surface area contributed by atoms with E-state index in [9.17, 15) is 13.2 Å². The molecular weight excluding hydrogens is 380 g/mol. The maximum Gasteiger partial charge on any atom is 0.262 e. The van der Waals surface area contributed by atoms with E-state index in [-0.39, 0.29) is 11.5 Å². The number of benzene rings is 2. The number of anilines is 1. The lowest BCUT2D eigenvalue weighted by Crippen LogP contribution is -2.23. The average Bonchev–Trinajstić information content (AvgIpc) is 3.21. The van der Waals surface area contributed by atoms with Gasteiger partial charge in [0.05, 0.1) is 11.2 Å². The quantitative estimate of drug-likeness (QED) is 0.656. The minimum atomic E-state index is -3.57. The molecule has 8 nitrogen and oxygen atoms in total. The summed E-state index contributed by atoms with van der Waals surface area (Å²) in [5.41, 5.74) is 1.31. The number of carbonyl (C=O) groups is 1. The van der Waals surface area contributed by atoms with Gasteiger partial charge < -0.3 is 14.6 Å². The molecule has 0 saturated carbocycles. The Morgan fingerprint density at radius 3 is 2.57 bits per heavy atom. The number of amides is 1.